The number of pyridine rings is 1. The number of aromatic nitrogens is 3. The van der Waals surface area contributed by atoms with Gasteiger partial charge in [0, 0.05) is 23.5 Å². The Balaban J connectivity index is 1.50. The minimum atomic E-state index is -0.182. The summed E-state index contributed by atoms with van der Waals surface area (Å²) in [6, 6.07) is 11.8. The second-order valence-electron chi connectivity index (χ2n) is 5.89. The third-order valence-electron chi connectivity index (χ3n) is 4.25. The van der Waals surface area contributed by atoms with Crippen LogP contribution in [-0.2, 0) is 4.79 Å². The number of nitrogens with zero attached hydrogens (tertiary/aromatic N) is 2. The van der Waals surface area contributed by atoms with E-state index in [-0.39, 0.29) is 5.91 Å². The van der Waals surface area contributed by atoms with Gasteiger partial charge in [-0.2, -0.15) is 11.3 Å². The molecule has 3 N–H and O–H groups in total. The average molecular weight is 359 g/mol. The van der Waals surface area contributed by atoms with Crippen LogP contribution in [0.2, 0.25) is 0 Å². The fourth-order valence-electron chi connectivity index (χ4n) is 2.96. The number of benzene rings is 1. The number of hydrogen-bond acceptors (Lipinski definition) is 5. The number of anilines is 2. The molecule has 0 spiro atoms. The van der Waals surface area contributed by atoms with Crippen molar-refractivity contribution in [2.45, 2.75) is 0 Å². The van der Waals surface area contributed by atoms with Crippen molar-refractivity contribution in [3.8, 4) is 11.1 Å². The Morgan fingerprint density at radius 3 is 2.92 bits per heavy atom. The highest BCUT2D eigenvalue weighted by atomic mass is 32.1. The van der Waals surface area contributed by atoms with Crippen molar-refractivity contribution in [2.75, 3.05) is 10.6 Å². The summed E-state index contributed by atoms with van der Waals surface area (Å²) in [5.74, 6) is 0.979. The van der Waals surface area contributed by atoms with E-state index in [1.54, 1.807) is 23.7 Å². The zero-order chi connectivity index (χ0) is 17.5. The number of carbonyl (C=O) groups excluding carboxylic acids is 1. The highest BCUT2D eigenvalue weighted by Gasteiger charge is 2.26. The quantitative estimate of drug-likeness (QED) is 0.481. The van der Waals surface area contributed by atoms with Crippen molar-refractivity contribution in [3.63, 3.8) is 0 Å². The summed E-state index contributed by atoms with van der Waals surface area (Å²) >= 11 is 1.63. The maximum absolute atomic E-state index is 12.3. The lowest BCUT2D eigenvalue weighted by atomic mass is 10.1. The molecule has 7 heteroatoms. The van der Waals surface area contributed by atoms with Gasteiger partial charge < -0.3 is 15.6 Å². The Labute approximate surface area is 152 Å². The molecule has 4 heterocycles. The van der Waals surface area contributed by atoms with E-state index in [1.807, 2.05) is 41.8 Å². The van der Waals surface area contributed by atoms with Gasteiger partial charge in [0.15, 0.2) is 0 Å². The Bertz CT molecular complexity index is 1130. The lowest BCUT2D eigenvalue weighted by Crippen LogP contribution is -2.05. The molecule has 26 heavy (non-hydrogen) atoms. The number of para-hydroxylation sites is 2. The van der Waals surface area contributed by atoms with Gasteiger partial charge >= 0.3 is 0 Å². The summed E-state index contributed by atoms with van der Waals surface area (Å²) in [5.41, 5.74) is 5.19. The number of amides is 1. The smallest absolute Gasteiger partial charge is 0.259 e. The fraction of sp³-hybridized carbons (Fsp3) is 0. The van der Waals surface area contributed by atoms with Crippen LogP contribution in [0.25, 0.3) is 27.7 Å². The van der Waals surface area contributed by atoms with E-state index >= 15 is 0 Å². The fourth-order valence-corrected chi connectivity index (χ4v) is 3.62. The first-order valence-corrected chi connectivity index (χ1v) is 8.98. The molecule has 0 saturated carbocycles. The first-order valence-electron chi connectivity index (χ1n) is 8.04. The number of aromatic amines is 1. The molecule has 0 bridgehead atoms. The first kappa shape index (κ1) is 14.9. The van der Waals surface area contributed by atoms with Gasteiger partial charge in [0.2, 0.25) is 5.95 Å². The van der Waals surface area contributed by atoms with Gasteiger partial charge in [-0.25, -0.2) is 9.97 Å². The standard InChI is InChI=1S/C19H13N5OS/c25-18-14(9-21-19-22-15-3-1-2-4-16(15)23-19)13-7-12(8-20-17(13)24-18)11-5-6-26-10-11/h1-10H,(H,20,24,25)(H2,21,22,23)/b14-9-. The maximum atomic E-state index is 12.3. The van der Waals surface area contributed by atoms with Crippen LogP contribution in [0.15, 0.2) is 59.6 Å². The molecule has 0 atom stereocenters. The highest BCUT2D eigenvalue weighted by Crippen LogP contribution is 2.33. The Hall–Kier alpha value is -3.45. The zero-order valence-electron chi connectivity index (χ0n) is 13.5. The highest BCUT2D eigenvalue weighted by molar-refractivity contribution is 7.08. The van der Waals surface area contributed by atoms with E-state index < -0.39 is 0 Å². The van der Waals surface area contributed by atoms with Gasteiger partial charge in [-0.15, -0.1) is 0 Å². The van der Waals surface area contributed by atoms with E-state index in [9.17, 15) is 4.79 Å². The molecule has 1 aliphatic rings. The molecular weight excluding hydrogens is 346 g/mol. The molecule has 5 rings (SSSR count). The van der Waals surface area contributed by atoms with Gasteiger partial charge in [0.1, 0.15) is 5.82 Å². The van der Waals surface area contributed by atoms with E-state index in [2.05, 4.69) is 31.0 Å². The number of rotatable bonds is 3. The SMILES string of the molecule is O=C1Nc2ncc(-c3ccsc3)cc2/C1=C/Nc1nc2ccccc2[nH]1. The molecule has 0 saturated heterocycles. The number of H-pyrrole nitrogens is 1. The molecule has 126 valence electrons. The molecule has 0 unspecified atom stereocenters. The van der Waals surface area contributed by atoms with E-state index in [1.165, 1.54) is 0 Å². The van der Waals surface area contributed by atoms with Crippen LogP contribution < -0.4 is 10.6 Å². The summed E-state index contributed by atoms with van der Waals surface area (Å²) in [4.78, 5) is 24.4. The Morgan fingerprint density at radius 2 is 2.08 bits per heavy atom. The van der Waals surface area contributed by atoms with Gasteiger partial charge in [-0.3, -0.25) is 4.79 Å². The molecule has 6 nitrogen and oxygen atoms in total. The van der Waals surface area contributed by atoms with Crippen LogP contribution in [0.4, 0.5) is 11.8 Å². The zero-order valence-corrected chi connectivity index (χ0v) is 14.3. The van der Waals surface area contributed by atoms with Crippen LogP contribution >= 0.6 is 11.3 Å². The molecule has 1 amide bonds. The number of hydrogen-bond donors (Lipinski definition) is 3. The number of thiophene rings is 1. The minimum Gasteiger partial charge on any atom is -0.332 e. The van der Waals surface area contributed by atoms with Crippen molar-refractivity contribution in [1.29, 1.82) is 0 Å². The number of nitrogens with one attached hydrogen (secondary N) is 3. The Morgan fingerprint density at radius 1 is 1.15 bits per heavy atom. The van der Waals surface area contributed by atoms with Gasteiger partial charge in [-0.1, -0.05) is 12.1 Å². The van der Waals surface area contributed by atoms with Crippen molar-refractivity contribution >= 4 is 45.6 Å². The summed E-state index contributed by atoms with van der Waals surface area (Å²) < 4.78 is 0. The van der Waals surface area contributed by atoms with E-state index in [0.29, 0.717) is 17.3 Å². The van der Waals surface area contributed by atoms with Crippen molar-refractivity contribution < 1.29 is 4.79 Å². The number of fused-ring (bicyclic) bond motifs is 2. The lowest BCUT2D eigenvalue weighted by Gasteiger charge is -2.02. The third kappa shape index (κ3) is 2.46. The second-order valence-corrected chi connectivity index (χ2v) is 6.67. The topological polar surface area (TPSA) is 82.7 Å². The summed E-state index contributed by atoms with van der Waals surface area (Å²) in [5, 5.41) is 9.96. The van der Waals surface area contributed by atoms with Crippen LogP contribution in [0.3, 0.4) is 0 Å². The maximum Gasteiger partial charge on any atom is 0.259 e. The first-order chi connectivity index (χ1) is 12.8. The third-order valence-corrected chi connectivity index (χ3v) is 4.93. The summed E-state index contributed by atoms with van der Waals surface area (Å²) in [6.45, 7) is 0. The summed E-state index contributed by atoms with van der Waals surface area (Å²) in [7, 11) is 0. The van der Waals surface area contributed by atoms with Crippen LogP contribution in [0.5, 0.6) is 0 Å². The second kappa shape index (κ2) is 5.82. The molecule has 0 radical (unpaired) electrons. The molecule has 0 fully saturated rings. The minimum absolute atomic E-state index is 0.182. The monoisotopic (exact) mass is 359 g/mol. The number of carbonyl (C=O) groups is 1. The molecule has 1 aromatic carbocycles. The molecular formula is C19H13N5OS. The van der Waals surface area contributed by atoms with E-state index in [0.717, 1.165) is 27.7 Å². The summed E-state index contributed by atoms with van der Waals surface area (Å²) in [6.07, 6.45) is 3.44. The Kier molecular flexibility index (Phi) is 3.32. The van der Waals surface area contributed by atoms with E-state index in [4.69, 9.17) is 0 Å². The van der Waals surface area contributed by atoms with Crippen molar-refractivity contribution in [3.05, 3.63) is 65.1 Å². The van der Waals surface area contributed by atoms with Gasteiger partial charge in [-0.05, 0) is 40.6 Å². The van der Waals surface area contributed by atoms with Gasteiger partial charge in [0.25, 0.3) is 5.91 Å². The van der Waals surface area contributed by atoms with Crippen molar-refractivity contribution in [1.82, 2.24) is 15.0 Å². The van der Waals surface area contributed by atoms with Crippen LogP contribution in [-0.4, -0.2) is 20.9 Å². The molecule has 0 aliphatic carbocycles. The largest absolute Gasteiger partial charge is 0.332 e. The lowest BCUT2D eigenvalue weighted by molar-refractivity contribution is -0.110. The normalized spacial score (nSPS) is 14.6. The van der Waals surface area contributed by atoms with Gasteiger partial charge in [0.05, 0.1) is 16.6 Å². The predicted molar refractivity (Wildman–Crippen MR) is 104 cm³/mol. The molecule has 4 aromatic rings. The molecule has 3 aromatic heterocycles. The molecule has 1 aliphatic heterocycles. The van der Waals surface area contributed by atoms with Crippen LogP contribution in [0.1, 0.15) is 5.56 Å². The number of imidazole rings is 1. The predicted octanol–water partition coefficient (Wildman–Crippen LogP) is 4.09. The van der Waals surface area contributed by atoms with Crippen molar-refractivity contribution in [2.24, 2.45) is 0 Å². The average Bonchev–Trinajstić information content (AvgIpc) is 3.37. The van der Waals surface area contributed by atoms with Crippen LogP contribution in [0, 0.1) is 0 Å².